The molecule has 2 aromatic carbocycles. The number of Topliss-reactive ketones (excluding diaryl/α,β-unsaturated/α-hetero) is 3. The minimum atomic E-state index is -3.80. The van der Waals surface area contributed by atoms with Gasteiger partial charge < -0.3 is 70.8 Å². The molecule has 3 fully saturated rings. The van der Waals surface area contributed by atoms with Gasteiger partial charge in [0.05, 0.1) is 13.2 Å². The Hall–Kier alpha value is -4.11. The van der Waals surface area contributed by atoms with Gasteiger partial charge in [0.15, 0.2) is 11.6 Å². The van der Waals surface area contributed by atoms with Crippen LogP contribution in [0.2, 0.25) is 0 Å². The van der Waals surface area contributed by atoms with Crippen molar-refractivity contribution < 1.29 is 85.1 Å². The van der Waals surface area contributed by atoms with Crippen molar-refractivity contribution in [2.75, 3.05) is 13.2 Å². The Morgan fingerprint density at radius 1 is 0.667 bits per heavy atom. The molecule has 2 saturated heterocycles. The number of carbonyl (C=O) groups excluding carboxylic acids is 3. The Morgan fingerprint density at radius 3 is 1.65 bits per heavy atom. The summed E-state index contributed by atoms with van der Waals surface area (Å²) >= 11 is 0. The highest BCUT2D eigenvalue weighted by Crippen LogP contribution is 2.49. The topological polar surface area (TPSA) is 312 Å². The molecule has 276 valence electrons. The van der Waals surface area contributed by atoms with Gasteiger partial charge in [-0.1, -0.05) is 30.3 Å². The van der Waals surface area contributed by atoms with E-state index >= 15 is 4.79 Å². The lowest BCUT2D eigenvalue weighted by Crippen LogP contribution is -2.78. The largest absolute Gasteiger partial charge is 0.508 e. The van der Waals surface area contributed by atoms with Gasteiger partial charge in [0.25, 0.3) is 0 Å². The predicted molar refractivity (Wildman–Crippen MR) is 169 cm³/mol. The van der Waals surface area contributed by atoms with E-state index in [0.717, 1.165) is 18.2 Å². The number of carbonyl (C=O) groups is 3. The van der Waals surface area contributed by atoms with Crippen molar-refractivity contribution in [2.24, 2.45) is 5.41 Å². The van der Waals surface area contributed by atoms with Crippen LogP contribution in [0.3, 0.4) is 0 Å². The van der Waals surface area contributed by atoms with Crippen molar-refractivity contribution in [3.05, 3.63) is 77.1 Å². The Labute approximate surface area is 288 Å². The van der Waals surface area contributed by atoms with Crippen LogP contribution in [0.15, 0.2) is 65.9 Å². The number of ether oxygens (including phenoxy) is 2. The molecule has 0 bridgehead atoms. The minimum Gasteiger partial charge on any atom is -0.508 e. The Morgan fingerprint density at radius 2 is 1.14 bits per heavy atom. The lowest BCUT2D eigenvalue weighted by atomic mass is 9.54. The molecule has 0 aromatic heterocycles. The molecule has 5 rings (SSSR count). The zero-order valence-electron chi connectivity index (χ0n) is 26.6. The van der Waals surface area contributed by atoms with E-state index in [0.29, 0.717) is 5.56 Å². The molecular formula is C34H38O17. The minimum absolute atomic E-state index is 0.00423. The van der Waals surface area contributed by atoms with Crippen LogP contribution in [0, 0.1) is 5.41 Å². The first-order valence-electron chi connectivity index (χ1n) is 15.7. The molecule has 1 saturated carbocycles. The first-order valence-corrected chi connectivity index (χ1v) is 15.7. The summed E-state index contributed by atoms with van der Waals surface area (Å²) in [4.78, 5) is 44.2. The number of phenols is 2. The molecule has 3 aliphatic rings. The quantitative estimate of drug-likeness (QED) is 0.0541. The van der Waals surface area contributed by atoms with E-state index in [1.807, 2.05) is 0 Å². The van der Waals surface area contributed by atoms with Gasteiger partial charge >= 0.3 is 0 Å². The number of hydrogen-bond donors (Lipinski definition) is 12. The summed E-state index contributed by atoms with van der Waals surface area (Å²) in [5.74, 6) is -6.90. The molecule has 12 atom stereocenters. The van der Waals surface area contributed by atoms with Gasteiger partial charge in [0.2, 0.25) is 11.4 Å². The number of allylic oxidation sites excluding steroid dienone is 1. The fourth-order valence-electron chi connectivity index (χ4n) is 6.81. The number of benzene rings is 2. The lowest BCUT2D eigenvalue weighted by Gasteiger charge is -2.54. The van der Waals surface area contributed by atoms with Crippen molar-refractivity contribution in [1.82, 2.24) is 0 Å². The maximum Gasteiger partial charge on any atom is 0.216 e. The standard InChI is InChI=1S/C34H38O17/c35-12-19-22(40)24(42)26(44)30(50-19)33(11-15-3-8-17(38)9-4-15)28(46)21(18(39)10-5-14-1-6-16(37)7-2-14)29(47)34(49,32(33)48)31-27(45)25(43)23(41)20(13-36)51-31/h1-10,19-20,22-27,30-31,35-45,49H,11-13H2. The van der Waals surface area contributed by atoms with Crippen molar-refractivity contribution in [1.29, 1.82) is 0 Å². The third kappa shape index (κ3) is 6.36. The van der Waals surface area contributed by atoms with Gasteiger partial charge in [-0.15, -0.1) is 0 Å². The van der Waals surface area contributed by atoms with Crippen LogP contribution in [0.5, 0.6) is 11.5 Å². The second-order valence-corrected chi connectivity index (χ2v) is 12.8. The highest BCUT2D eigenvalue weighted by atomic mass is 16.6. The van der Waals surface area contributed by atoms with E-state index in [9.17, 15) is 70.9 Å². The average Bonchev–Trinajstić information content (AvgIpc) is 3.11. The number of hydrogen-bond acceptors (Lipinski definition) is 17. The second-order valence-electron chi connectivity index (χ2n) is 12.8. The second kappa shape index (κ2) is 14.5. The van der Waals surface area contributed by atoms with E-state index in [-0.39, 0.29) is 17.1 Å². The molecule has 17 nitrogen and oxygen atoms in total. The highest BCUT2D eigenvalue weighted by Gasteiger charge is 2.74. The zero-order valence-corrected chi connectivity index (χ0v) is 26.6. The maximum atomic E-state index is 15.0. The molecule has 12 N–H and O–H groups in total. The molecular weight excluding hydrogens is 680 g/mol. The smallest absolute Gasteiger partial charge is 0.216 e. The van der Waals surface area contributed by atoms with Crippen LogP contribution >= 0.6 is 0 Å². The number of aromatic hydroxyl groups is 2. The monoisotopic (exact) mass is 718 g/mol. The molecule has 2 aromatic rings. The fraction of sp³-hybridized carbons (Fsp3) is 0.441. The summed E-state index contributed by atoms with van der Waals surface area (Å²) in [7, 11) is 0. The van der Waals surface area contributed by atoms with Crippen LogP contribution in [0.25, 0.3) is 6.08 Å². The Bertz CT molecular complexity index is 1690. The third-order valence-corrected chi connectivity index (χ3v) is 9.64. The summed E-state index contributed by atoms with van der Waals surface area (Å²) in [5.41, 5.74) is -7.93. The van der Waals surface area contributed by atoms with Gasteiger partial charge in [-0.05, 0) is 47.9 Å². The fourth-order valence-corrected chi connectivity index (χ4v) is 6.81. The zero-order chi connectivity index (χ0) is 37.6. The molecule has 2 heterocycles. The molecule has 0 amide bonds. The lowest BCUT2D eigenvalue weighted by molar-refractivity contribution is -0.272. The first-order chi connectivity index (χ1) is 24.0. The van der Waals surface area contributed by atoms with Gasteiger partial charge in [-0.2, -0.15) is 0 Å². The van der Waals surface area contributed by atoms with Crippen LogP contribution in [-0.2, 0) is 30.3 Å². The van der Waals surface area contributed by atoms with Gasteiger partial charge in [0.1, 0.15) is 89.3 Å². The predicted octanol–water partition coefficient (Wildman–Crippen LogP) is -3.71. The summed E-state index contributed by atoms with van der Waals surface area (Å²) in [6.07, 6.45) is -20.8. The maximum absolute atomic E-state index is 15.0. The van der Waals surface area contributed by atoms with Gasteiger partial charge in [-0.3, -0.25) is 14.4 Å². The summed E-state index contributed by atoms with van der Waals surface area (Å²) in [6.45, 7) is -2.12. The summed E-state index contributed by atoms with van der Waals surface area (Å²) in [5, 5.41) is 128. The van der Waals surface area contributed by atoms with Crippen LogP contribution in [0.4, 0.5) is 0 Å². The first kappa shape index (κ1) is 38.1. The number of rotatable bonds is 8. The van der Waals surface area contributed by atoms with Crippen LogP contribution < -0.4 is 0 Å². The van der Waals surface area contributed by atoms with E-state index < -0.39 is 120 Å². The molecule has 0 radical (unpaired) electrons. The Kier molecular flexibility index (Phi) is 10.8. The van der Waals surface area contributed by atoms with Crippen molar-refractivity contribution in [2.45, 2.75) is 73.1 Å². The summed E-state index contributed by atoms with van der Waals surface area (Å²) < 4.78 is 11.1. The van der Waals surface area contributed by atoms with E-state index in [2.05, 4.69) is 0 Å². The van der Waals surface area contributed by atoms with Crippen molar-refractivity contribution in [3.63, 3.8) is 0 Å². The SMILES string of the molecule is O=C1C(=C(O)C=Cc2ccc(O)cc2)C(=O)C(Cc2ccc(O)cc2)(C2OC(CO)C(O)C(O)C2O)C(=O)C1(O)C1OC(CO)C(O)C(O)C1O. The van der Waals surface area contributed by atoms with Crippen molar-refractivity contribution in [3.8, 4) is 11.5 Å². The Balaban J connectivity index is 1.81. The number of aliphatic hydroxyl groups excluding tert-OH is 9. The third-order valence-electron chi connectivity index (χ3n) is 9.64. The van der Waals surface area contributed by atoms with Crippen LogP contribution in [-0.4, -0.2) is 158 Å². The average molecular weight is 719 g/mol. The van der Waals surface area contributed by atoms with E-state index in [1.54, 1.807) is 0 Å². The van der Waals surface area contributed by atoms with Crippen LogP contribution in [0.1, 0.15) is 11.1 Å². The number of aliphatic hydroxyl groups is 10. The number of ketones is 3. The molecule has 51 heavy (non-hydrogen) atoms. The van der Waals surface area contributed by atoms with E-state index in [4.69, 9.17) is 9.47 Å². The van der Waals surface area contributed by atoms with E-state index in [1.165, 1.54) is 42.5 Å². The summed E-state index contributed by atoms with van der Waals surface area (Å²) in [6, 6.07) is 10.0. The number of phenolic OH excluding ortho intramolecular Hbond substituents is 2. The molecule has 2 aliphatic heterocycles. The molecule has 0 spiro atoms. The van der Waals surface area contributed by atoms with Crippen molar-refractivity contribution >= 4 is 23.4 Å². The highest BCUT2D eigenvalue weighted by molar-refractivity contribution is 6.41. The molecule has 12 unspecified atom stereocenters. The van der Waals surface area contributed by atoms with Gasteiger partial charge in [0, 0.05) is 0 Å². The normalized spacial score (nSPS) is 38.6. The molecule has 17 heteroatoms. The molecule has 1 aliphatic carbocycles. The van der Waals surface area contributed by atoms with Gasteiger partial charge in [-0.25, -0.2) is 0 Å².